The van der Waals surface area contributed by atoms with Crippen molar-refractivity contribution < 1.29 is 14.4 Å². The van der Waals surface area contributed by atoms with Crippen molar-refractivity contribution in [2.24, 2.45) is 7.05 Å². The van der Waals surface area contributed by atoms with Gasteiger partial charge in [-0.2, -0.15) is 0 Å². The second-order valence-corrected chi connectivity index (χ2v) is 4.67. The molecule has 1 N–H and O–H groups in total. The Hall–Kier alpha value is -2.37. The molecule has 4 amide bonds. The van der Waals surface area contributed by atoms with E-state index in [4.69, 9.17) is 0 Å². The Labute approximate surface area is 117 Å². The Morgan fingerprint density at radius 2 is 2.05 bits per heavy atom. The number of barbiturate groups is 1. The Balaban J connectivity index is 2.30. The van der Waals surface area contributed by atoms with E-state index in [2.05, 4.69) is 5.32 Å². The van der Waals surface area contributed by atoms with Crippen molar-refractivity contribution in [2.45, 2.75) is 19.8 Å². The fourth-order valence-electron chi connectivity index (χ4n) is 1.99. The highest BCUT2D eigenvalue weighted by Crippen LogP contribution is 2.15. The number of urea groups is 1. The number of carbonyl (C=O) groups excluding carboxylic acids is 3. The highest BCUT2D eigenvalue weighted by Gasteiger charge is 2.35. The maximum Gasteiger partial charge on any atom is 0.331 e. The summed E-state index contributed by atoms with van der Waals surface area (Å²) >= 11 is 0. The van der Waals surface area contributed by atoms with Crippen LogP contribution in [0.3, 0.4) is 0 Å². The lowest BCUT2D eigenvalue weighted by Gasteiger charge is -2.26. The molecule has 0 saturated carbocycles. The predicted octanol–water partition coefficient (Wildman–Crippen LogP) is 1.29. The summed E-state index contributed by atoms with van der Waals surface area (Å²) in [6.45, 7) is 2.29. The lowest BCUT2D eigenvalue weighted by atomic mass is 10.1. The molecule has 1 fully saturated rings. The molecule has 6 nitrogen and oxygen atoms in total. The zero-order valence-corrected chi connectivity index (χ0v) is 11.5. The fourth-order valence-corrected chi connectivity index (χ4v) is 1.99. The van der Waals surface area contributed by atoms with Gasteiger partial charge in [-0.25, -0.2) is 4.79 Å². The minimum absolute atomic E-state index is 0.0116. The molecule has 20 heavy (non-hydrogen) atoms. The van der Waals surface area contributed by atoms with Gasteiger partial charge in [0.05, 0.1) is 0 Å². The highest BCUT2D eigenvalue weighted by atomic mass is 16.2. The van der Waals surface area contributed by atoms with Gasteiger partial charge in [-0.15, -0.1) is 0 Å². The van der Waals surface area contributed by atoms with Gasteiger partial charge in [0.15, 0.2) is 0 Å². The van der Waals surface area contributed by atoms with Gasteiger partial charge < -0.3 is 4.57 Å². The molecule has 6 heteroatoms. The van der Waals surface area contributed by atoms with E-state index in [0.29, 0.717) is 13.0 Å². The topological polar surface area (TPSA) is 71.4 Å². The average Bonchev–Trinajstić information content (AvgIpc) is 2.80. The van der Waals surface area contributed by atoms with Crippen LogP contribution in [0.5, 0.6) is 0 Å². The number of imide groups is 2. The van der Waals surface area contributed by atoms with Gasteiger partial charge in [0.2, 0.25) is 0 Å². The Morgan fingerprint density at radius 1 is 1.30 bits per heavy atom. The monoisotopic (exact) mass is 275 g/mol. The van der Waals surface area contributed by atoms with Gasteiger partial charge in [0, 0.05) is 25.5 Å². The van der Waals surface area contributed by atoms with Crippen molar-refractivity contribution in [3.05, 3.63) is 29.6 Å². The third-order valence-corrected chi connectivity index (χ3v) is 3.20. The molecule has 2 rings (SSSR count). The molecule has 1 aromatic rings. The fraction of sp³-hybridized carbons (Fsp3) is 0.357. The van der Waals surface area contributed by atoms with Crippen LogP contribution in [0, 0.1) is 0 Å². The third-order valence-electron chi connectivity index (χ3n) is 3.20. The standard InChI is InChI=1S/C14H17N3O3/c1-3-4-8-17-13(19)11(12(18)15-14(17)20)9-10-6-5-7-16(10)2/h5-7,9H,3-4,8H2,1-2H3,(H,15,18,20). The average molecular weight is 275 g/mol. The van der Waals surface area contributed by atoms with Crippen molar-refractivity contribution >= 4 is 23.9 Å². The molecule has 0 atom stereocenters. The molecule has 1 aromatic heterocycles. The number of amides is 4. The first kappa shape index (κ1) is 14.0. The van der Waals surface area contributed by atoms with Crippen LogP contribution in [0.1, 0.15) is 25.5 Å². The van der Waals surface area contributed by atoms with E-state index in [1.54, 1.807) is 10.6 Å². The molecule has 0 radical (unpaired) electrons. The van der Waals surface area contributed by atoms with Gasteiger partial charge in [-0.1, -0.05) is 13.3 Å². The predicted molar refractivity (Wildman–Crippen MR) is 73.5 cm³/mol. The molecular weight excluding hydrogens is 258 g/mol. The number of hydrogen-bond donors (Lipinski definition) is 1. The molecule has 1 aliphatic heterocycles. The first-order valence-electron chi connectivity index (χ1n) is 6.54. The number of unbranched alkanes of at least 4 members (excludes halogenated alkanes) is 1. The van der Waals surface area contributed by atoms with Crippen LogP contribution in [0.15, 0.2) is 23.9 Å². The van der Waals surface area contributed by atoms with Crippen molar-refractivity contribution in [1.82, 2.24) is 14.8 Å². The lowest BCUT2D eigenvalue weighted by molar-refractivity contribution is -0.130. The number of nitrogens with one attached hydrogen (secondary N) is 1. The zero-order valence-electron chi connectivity index (χ0n) is 11.5. The van der Waals surface area contributed by atoms with E-state index in [1.165, 1.54) is 6.08 Å². The zero-order chi connectivity index (χ0) is 14.7. The van der Waals surface area contributed by atoms with E-state index in [0.717, 1.165) is 17.0 Å². The van der Waals surface area contributed by atoms with E-state index in [-0.39, 0.29) is 5.57 Å². The maximum atomic E-state index is 12.3. The van der Waals surface area contributed by atoms with Crippen LogP contribution in [0.25, 0.3) is 6.08 Å². The minimum Gasteiger partial charge on any atom is -0.351 e. The second kappa shape index (κ2) is 5.73. The molecule has 0 spiro atoms. The van der Waals surface area contributed by atoms with E-state index >= 15 is 0 Å². The number of aryl methyl sites for hydroxylation is 1. The van der Waals surface area contributed by atoms with Crippen LogP contribution in [-0.4, -0.2) is 33.9 Å². The molecule has 2 heterocycles. The normalized spacial score (nSPS) is 17.8. The number of nitrogens with zero attached hydrogens (tertiary/aromatic N) is 2. The van der Waals surface area contributed by atoms with E-state index in [9.17, 15) is 14.4 Å². The van der Waals surface area contributed by atoms with Crippen molar-refractivity contribution in [3.8, 4) is 0 Å². The Bertz CT molecular complexity index is 586. The number of rotatable bonds is 4. The minimum atomic E-state index is -0.644. The summed E-state index contributed by atoms with van der Waals surface area (Å²) in [6.07, 6.45) is 4.90. The summed E-state index contributed by atoms with van der Waals surface area (Å²) in [6, 6.07) is 2.97. The van der Waals surface area contributed by atoms with Crippen LogP contribution >= 0.6 is 0 Å². The SMILES string of the molecule is CCCCN1C(=O)NC(=O)C(=Cc2cccn2C)C1=O. The van der Waals surface area contributed by atoms with Crippen LogP contribution in [0.4, 0.5) is 4.79 Å². The van der Waals surface area contributed by atoms with Gasteiger partial charge in [-0.3, -0.25) is 19.8 Å². The Morgan fingerprint density at radius 3 is 2.65 bits per heavy atom. The van der Waals surface area contributed by atoms with E-state index in [1.807, 2.05) is 26.2 Å². The van der Waals surface area contributed by atoms with Crippen molar-refractivity contribution in [2.75, 3.05) is 6.54 Å². The van der Waals surface area contributed by atoms with Gasteiger partial charge >= 0.3 is 6.03 Å². The smallest absolute Gasteiger partial charge is 0.331 e. The molecule has 0 aromatic carbocycles. The largest absolute Gasteiger partial charge is 0.351 e. The summed E-state index contributed by atoms with van der Waals surface area (Å²) in [4.78, 5) is 36.8. The number of carbonyl (C=O) groups is 3. The first-order valence-corrected chi connectivity index (χ1v) is 6.54. The van der Waals surface area contributed by atoms with Crippen LogP contribution < -0.4 is 5.32 Å². The van der Waals surface area contributed by atoms with Gasteiger partial charge in [-0.05, 0) is 24.6 Å². The second-order valence-electron chi connectivity index (χ2n) is 4.67. The maximum absolute atomic E-state index is 12.3. The molecule has 1 saturated heterocycles. The highest BCUT2D eigenvalue weighted by molar-refractivity contribution is 6.30. The molecule has 106 valence electrons. The van der Waals surface area contributed by atoms with E-state index < -0.39 is 17.8 Å². The first-order chi connectivity index (χ1) is 9.54. The summed E-state index contributed by atoms with van der Waals surface area (Å²) in [7, 11) is 1.82. The number of aromatic nitrogens is 1. The molecular formula is C14H17N3O3. The summed E-state index contributed by atoms with van der Waals surface area (Å²) in [5.41, 5.74) is 0.718. The van der Waals surface area contributed by atoms with Gasteiger partial charge in [0.25, 0.3) is 11.8 Å². The summed E-state index contributed by atoms with van der Waals surface area (Å²) in [5, 5.41) is 2.20. The van der Waals surface area contributed by atoms with Crippen LogP contribution in [0.2, 0.25) is 0 Å². The lowest BCUT2D eigenvalue weighted by Crippen LogP contribution is -2.54. The van der Waals surface area contributed by atoms with Gasteiger partial charge in [0.1, 0.15) is 5.57 Å². The molecule has 1 aliphatic rings. The van der Waals surface area contributed by atoms with Crippen LogP contribution in [-0.2, 0) is 16.6 Å². The summed E-state index contributed by atoms with van der Waals surface area (Å²) in [5.74, 6) is -1.18. The Kier molecular flexibility index (Phi) is 4.02. The summed E-state index contributed by atoms with van der Waals surface area (Å²) < 4.78 is 1.79. The third kappa shape index (κ3) is 2.64. The number of hydrogen-bond acceptors (Lipinski definition) is 3. The molecule has 0 unspecified atom stereocenters. The van der Waals surface area contributed by atoms with Crippen molar-refractivity contribution in [1.29, 1.82) is 0 Å². The van der Waals surface area contributed by atoms with Crippen molar-refractivity contribution in [3.63, 3.8) is 0 Å². The molecule has 0 bridgehead atoms. The quantitative estimate of drug-likeness (QED) is 0.664. The molecule has 0 aliphatic carbocycles.